The van der Waals surface area contributed by atoms with Gasteiger partial charge < -0.3 is 11.1 Å². The van der Waals surface area contributed by atoms with E-state index in [1.165, 1.54) is 10.7 Å². The monoisotopic (exact) mass is 398 g/mol. The van der Waals surface area contributed by atoms with E-state index in [-0.39, 0.29) is 17.5 Å². The van der Waals surface area contributed by atoms with E-state index in [1.54, 1.807) is 6.07 Å². The summed E-state index contributed by atoms with van der Waals surface area (Å²) in [6.45, 7) is 3.83. The molecule has 2 heterocycles. The number of nitrogens with two attached hydrogens (primary N) is 1. The highest BCUT2D eigenvalue weighted by molar-refractivity contribution is 5.88. The van der Waals surface area contributed by atoms with E-state index in [9.17, 15) is 4.79 Å². The summed E-state index contributed by atoms with van der Waals surface area (Å²) in [6.07, 6.45) is 0. The first-order valence-corrected chi connectivity index (χ1v) is 9.68. The van der Waals surface area contributed by atoms with Crippen molar-refractivity contribution < 1.29 is 0 Å². The second kappa shape index (κ2) is 8.16. The molecular formula is C23H22N6O. The van der Waals surface area contributed by atoms with Gasteiger partial charge in [0, 0.05) is 17.3 Å². The van der Waals surface area contributed by atoms with Crippen LogP contribution < -0.4 is 16.6 Å². The molecule has 2 aromatic heterocycles. The molecule has 0 aliphatic rings. The number of anilines is 3. The number of para-hydroxylation sites is 1. The third kappa shape index (κ3) is 3.91. The Balaban J connectivity index is 1.98. The second-order valence-corrected chi connectivity index (χ2v) is 7.11. The minimum Gasteiger partial charge on any atom is -0.368 e. The Morgan fingerprint density at radius 1 is 0.900 bits per heavy atom. The summed E-state index contributed by atoms with van der Waals surface area (Å²) >= 11 is 0. The van der Waals surface area contributed by atoms with Crippen molar-refractivity contribution >= 4 is 17.5 Å². The van der Waals surface area contributed by atoms with Crippen molar-refractivity contribution in [2.75, 3.05) is 11.1 Å². The molecule has 4 rings (SSSR count). The summed E-state index contributed by atoms with van der Waals surface area (Å²) in [7, 11) is 0. The van der Waals surface area contributed by atoms with Crippen molar-refractivity contribution in [2.24, 2.45) is 0 Å². The quantitative estimate of drug-likeness (QED) is 0.521. The lowest BCUT2D eigenvalue weighted by Gasteiger charge is -2.17. The molecular weight excluding hydrogens is 376 g/mol. The lowest BCUT2D eigenvalue weighted by atomic mass is 10.0. The third-order valence-corrected chi connectivity index (χ3v) is 4.58. The maximum atomic E-state index is 12.3. The lowest BCUT2D eigenvalue weighted by molar-refractivity contribution is 0.505. The van der Waals surface area contributed by atoms with Crippen LogP contribution in [0.25, 0.3) is 22.5 Å². The summed E-state index contributed by atoms with van der Waals surface area (Å²) in [5.41, 5.74) is 9.53. The molecule has 0 atom stereocenters. The molecule has 4 aromatic rings. The van der Waals surface area contributed by atoms with Gasteiger partial charge >= 0.3 is 0 Å². The smallest absolute Gasteiger partial charge is 0.267 e. The first kappa shape index (κ1) is 19.3. The van der Waals surface area contributed by atoms with Gasteiger partial charge in [-0.3, -0.25) is 4.79 Å². The molecule has 0 amide bonds. The Kier molecular flexibility index (Phi) is 5.26. The van der Waals surface area contributed by atoms with Gasteiger partial charge in [0.2, 0.25) is 5.95 Å². The van der Waals surface area contributed by atoms with Crippen molar-refractivity contribution in [3.05, 3.63) is 83.2 Å². The van der Waals surface area contributed by atoms with Gasteiger partial charge in [-0.1, -0.05) is 48.5 Å². The average Bonchev–Trinajstić information content (AvgIpc) is 2.75. The summed E-state index contributed by atoms with van der Waals surface area (Å²) < 4.78 is 1.45. The molecule has 2 aromatic carbocycles. The van der Waals surface area contributed by atoms with Crippen LogP contribution in [-0.4, -0.2) is 19.7 Å². The fourth-order valence-corrected chi connectivity index (χ4v) is 3.20. The van der Waals surface area contributed by atoms with Crippen LogP contribution in [-0.2, 0) is 0 Å². The number of rotatable bonds is 5. The third-order valence-electron chi connectivity index (χ3n) is 4.58. The molecule has 7 nitrogen and oxygen atoms in total. The maximum absolute atomic E-state index is 12.3. The van der Waals surface area contributed by atoms with Crippen LogP contribution in [0.3, 0.4) is 0 Å². The number of nitrogen functional groups attached to an aromatic ring is 1. The van der Waals surface area contributed by atoms with Crippen LogP contribution in [0.15, 0.2) is 77.6 Å². The molecule has 0 fully saturated rings. The highest BCUT2D eigenvalue weighted by Gasteiger charge is 2.20. The van der Waals surface area contributed by atoms with Crippen molar-refractivity contribution in [3.8, 4) is 22.5 Å². The summed E-state index contributed by atoms with van der Waals surface area (Å²) in [5.74, 6) is 0.669. The summed E-state index contributed by atoms with van der Waals surface area (Å²) in [5, 5.41) is 7.93. The van der Waals surface area contributed by atoms with Gasteiger partial charge in [-0.25, -0.2) is 9.67 Å². The molecule has 0 radical (unpaired) electrons. The molecule has 0 aliphatic carbocycles. The summed E-state index contributed by atoms with van der Waals surface area (Å²) in [4.78, 5) is 21.2. The Morgan fingerprint density at radius 3 is 2.23 bits per heavy atom. The van der Waals surface area contributed by atoms with Gasteiger partial charge in [-0.2, -0.15) is 10.1 Å². The van der Waals surface area contributed by atoms with E-state index in [0.717, 1.165) is 11.3 Å². The highest BCUT2D eigenvalue weighted by atomic mass is 16.1. The van der Waals surface area contributed by atoms with Crippen LogP contribution in [0.2, 0.25) is 0 Å². The zero-order valence-corrected chi connectivity index (χ0v) is 16.8. The van der Waals surface area contributed by atoms with Crippen LogP contribution in [0.4, 0.5) is 17.5 Å². The van der Waals surface area contributed by atoms with E-state index in [1.807, 2.05) is 74.5 Å². The van der Waals surface area contributed by atoms with E-state index in [2.05, 4.69) is 20.4 Å². The highest BCUT2D eigenvalue weighted by Crippen LogP contribution is 2.36. The largest absolute Gasteiger partial charge is 0.368 e. The van der Waals surface area contributed by atoms with E-state index < -0.39 is 0 Å². The van der Waals surface area contributed by atoms with Gasteiger partial charge in [0.05, 0.1) is 23.0 Å². The molecule has 0 saturated carbocycles. The standard InChI is InChI=1S/C23H22N6O/c1-15(2)29-19(30)14-13-18(28-29)20-21(16-9-5-3-6-10-16)26-23(24)27-22(20)25-17-11-7-4-8-12-17/h3-15H,1-2H3,(H3,24,25,26,27). The van der Waals surface area contributed by atoms with Crippen LogP contribution in [0.1, 0.15) is 19.9 Å². The van der Waals surface area contributed by atoms with E-state index >= 15 is 0 Å². The number of nitrogens with zero attached hydrogens (tertiary/aromatic N) is 4. The van der Waals surface area contributed by atoms with Crippen LogP contribution in [0, 0.1) is 0 Å². The maximum Gasteiger partial charge on any atom is 0.267 e. The van der Waals surface area contributed by atoms with Crippen LogP contribution >= 0.6 is 0 Å². The Morgan fingerprint density at radius 2 is 1.57 bits per heavy atom. The molecule has 3 N–H and O–H groups in total. The number of nitrogens with one attached hydrogen (secondary N) is 1. The molecule has 150 valence electrons. The van der Waals surface area contributed by atoms with E-state index in [0.29, 0.717) is 22.8 Å². The second-order valence-electron chi connectivity index (χ2n) is 7.11. The Labute approximate surface area is 174 Å². The normalized spacial score (nSPS) is 10.9. The van der Waals surface area contributed by atoms with Gasteiger partial charge in [0.15, 0.2) is 0 Å². The van der Waals surface area contributed by atoms with Gasteiger partial charge in [-0.05, 0) is 32.0 Å². The fraction of sp³-hybridized carbons (Fsp3) is 0.130. The number of aromatic nitrogens is 4. The minimum absolute atomic E-state index is 0.0853. The van der Waals surface area contributed by atoms with Gasteiger partial charge in [-0.15, -0.1) is 0 Å². The van der Waals surface area contributed by atoms with Gasteiger partial charge in [0.1, 0.15) is 5.82 Å². The topological polar surface area (TPSA) is 98.7 Å². The Bertz CT molecular complexity index is 1220. The summed E-state index contributed by atoms with van der Waals surface area (Å²) in [6, 6.07) is 22.5. The first-order chi connectivity index (χ1) is 14.5. The number of benzene rings is 2. The van der Waals surface area contributed by atoms with Crippen molar-refractivity contribution in [1.82, 2.24) is 19.7 Å². The molecule has 0 spiro atoms. The van der Waals surface area contributed by atoms with Crippen molar-refractivity contribution in [2.45, 2.75) is 19.9 Å². The number of hydrogen-bond donors (Lipinski definition) is 2. The Hall–Kier alpha value is -4.00. The van der Waals surface area contributed by atoms with Gasteiger partial charge in [0.25, 0.3) is 5.56 Å². The predicted molar refractivity (Wildman–Crippen MR) is 119 cm³/mol. The zero-order chi connectivity index (χ0) is 21.1. The van der Waals surface area contributed by atoms with Crippen molar-refractivity contribution in [3.63, 3.8) is 0 Å². The minimum atomic E-state index is -0.163. The molecule has 0 saturated heterocycles. The SMILES string of the molecule is CC(C)n1nc(-c2c(Nc3ccccc3)nc(N)nc2-c2ccccc2)ccc1=O. The number of hydrogen-bond acceptors (Lipinski definition) is 6. The molecule has 0 unspecified atom stereocenters. The van der Waals surface area contributed by atoms with Crippen molar-refractivity contribution in [1.29, 1.82) is 0 Å². The van der Waals surface area contributed by atoms with E-state index in [4.69, 9.17) is 5.73 Å². The molecule has 30 heavy (non-hydrogen) atoms. The average molecular weight is 398 g/mol. The molecule has 7 heteroatoms. The lowest BCUT2D eigenvalue weighted by Crippen LogP contribution is -2.24. The van der Waals surface area contributed by atoms with Crippen LogP contribution in [0.5, 0.6) is 0 Å². The zero-order valence-electron chi connectivity index (χ0n) is 16.8. The molecule has 0 aliphatic heterocycles. The predicted octanol–water partition coefficient (Wildman–Crippen LogP) is 4.27. The molecule has 0 bridgehead atoms. The first-order valence-electron chi connectivity index (χ1n) is 9.68. The fourth-order valence-electron chi connectivity index (χ4n) is 3.20.